The molecule has 0 spiro atoms. The van der Waals surface area contributed by atoms with Gasteiger partial charge in [-0.1, -0.05) is 23.7 Å². The third-order valence-corrected chi connectivity index (χ3v) is 8.10. The molecule has 1 fully saturated rings. The first-order valence-electron chi connectivity index (χ1n) is 9.82. The zero-order valence-electron chi connectivity index (χ0n) is 16.6. The van der Waals surface area contributed by atoms with Gasteiger partial charge in [-0.05, 0) is 55.3 Å². The number of fused-ring (bicyclic) bond motifs is 1. The highest BCUT2D eigenvalue weighted by molar-refractivity contribution is 7.89. The SMILES string of the molecule is C#CCn1c(=NC(=O)c2ccc(S(=O)(=O)N3CCCCC3)cc2)sc2cc(F)ccc21. The van der Waals surface area contributed by atoms with Crippen molar-refractivity contribution in [2.45, 2.75) is 30.7 Å². The predicted molar refractivity (Wildman–Crippen MR) is 118 cm³/mol. The number of amides is 1. The van der Waals surface area contributed by atoms with Gasteiger partial charge in [0.25, 0.3) is 5.91 Å². The van der Waals surface area contributed by atoms with Crippen molar-refractivity contribution in [3.63, 3.8) is 0 Å². The lowest BCUT2D eigenvalue weighted by Crippen LogP contribution is -2.35. The number of benzene rings is 2. The van der Waals surface area contributed by atoms with Gasteiger partial charge in [-0.15, -0.1) is 6.42 Å². The molecule has 0 unspecified atom stereocenters. The maximum atomic E-state index is 13.6. The molecule has 0 atom stereocenters. The Kier molecular flexibility index (Phi) is 6.05. The lowest BCUT2D eigenvalue weighted by atomic mass is 10.2. The summed E-state index contributed by atoms with van der Waals surface area (Å²) in [5, 5.41) is 0. The van der Waals surface area contributed by atoms with E-state index in [2.05, 4.69) is 10.9 Å². The number of piperidine rings is 1. The molecular formula is C22H20FN3O3S2. The highest BCUT2D eigenvalue weighted by Crippen LogP contribution is 2.22. The Hall–Kier alpha value is -2.80. The quantitative estimate of drug-likeness (QED) is 0.564. The normalized spacial score (nSPS) is 15.8. The molecule has 160 valence electrons. The predicted octanol–water partition coefficient (Wildman–Crippen LogP) is 3.39. The first-order chi connectivity index (χ1) is 14.9. The Bertz CT molecular complexity index is 1340. The van der Waals surface area contributed by atoms with Crippen LogP contribution in [0.15, 0.2) is 52.4 Å². The molecule has 0 radical (unpaired) electrons. The van der Waals surface area contributed by atoms with Crippen molar-refractivity contribution in [2.24, 2.45) is 4.99 Å². The number of hydrogen-bond acceptors (Lipinski definition) is 4. The van der Waals surface area contributed by atoms with Gasteiger partial charge >= 0.3 is 0 Å². The fourth-order valence-corrected chi connectivity index (χ4v) is 6.12. The molecule has 2 heterocycles. The molecular weight excluding hydrogens is 437 g/mol. The van der Waals surface area contributed by atoms with Gasteiger partial charge in [-0.2, -0.15) is 9.30 Å². The summed E-state index contributed by atoms with van der Waals surface area (Å²) in [5.74, 6) is 1.61. The highest BCUT2D eigenvalue weighted by Gasteiger charge is 2.26. The summed E-state index contributed by atoms with van der Waals surface area (Å²) in [6.45, 7) is 1.21. The Morgan fingerprint density at radius 2 is 1.84 bits per heavy atom. The Labute approximate surface area is 183 Å². The van der Waals surface area contributed by atoms with E-state index in [4.69, 9.17) is 6.42 Å². The fourth-order valence-electron chi connectivity index (χ4n) is 3.55. The van der Waals surface area contributed by atoms with Gasteiger partial charge in [0.2, 0.25) is 10.0 Å². The maximum absolute atomic E-state index is 13.6. The number of nitrogens with zero attached hydrogens (tertiary/aromatic N) is 3. The minimum Gasteiger partial charge on any atom is -0.305 e. The fraction of sp³-hybridized carbons (Fsp3) is 0.273. The second-order valence-electron chi connectivity index (χ2n) is 7.19. The molecule has 2 aromatic carbocycles. The molecule has 3 aromatic rings. The molecule has 0 bridgehead atoms. The number of carbonyl (C=O) groups excluding carboxylic acids is 1. The largest absolute Gasteiger partial charge is 0.305 e. The number of aromatic nitrogens is 1. The smallest absolute Gasteiger partial charge is 0.279 e. The molecule has 1 saturated heterocycles. The van der Waals surface area contributed by atoms with Crippen LogP contribution in [-0.2, 0) is 16.6 Å². The summed E-state index contributed by atoms with van der Waals surface area (Å²) in [6, 6.07) is 10.1. The van der Waals surface area contributed by atoms with Crippen LogP contribution >= 0.6 is 11.3 Å². The average Bonchev–Trinajstić information content (AvgIpc) is 3.10. The molecule has 6 nitrogen and oxygen atoms in total. The van der Waals surface area contributed by atoms with Crippen molar-refractivity contribution in [2.75, 3.05) is 13.1 Å². The van der Waals surface area contributed by atoms with Crippen molar-refractivity contribution >= 4 is 37.5 Å². The molecule has 1 aliphatic heterocycles. The summed E-state index contributed by atoms with van der Waals surface area (Å²) < 4.78 is 42.9. The lowest BCUT2D eigenvalue weighted by Gasteiger charge is -2.25. The molecule has 31 heavy (non-hydrogen) atoms. The van der Waals surface area contributed by atoms with E-state index in [-0.39, 0.29) is 22.8 Å². The number of sulfonamides is 1. The highest BCUT2D eigenvalue weighted by atomic mass is 32.2. The minimum atomic E-state index is -3.57. The van der Waals surface area contributed by atoms with Crippen LogP contribution < -0.4 is 4.80 Å². The summed E-state index contributed by atoms with van der Waals surface area (Å²) >= 11 is 1.16. The topological polar surface area (TPSA) is 71.7 Å². The lowest BCUT2D eigenvalue weighted by molar-refractivity contribution is 0.0998. The van der Waals surface area contributed by atoms with Gasteiger partial charge in [0, 0.05) is 18.7 Å². The molecule has 0 saturated carbocycles. The van der Waals surface area contributed by atoms with Gasteiger partial charge < -0.3 is 4.57 Å². The summed E-state index contributed by atoms with van der Waals surface area (Å²) in [6.07, 6.45) is 8.18. The zero-order chi connectivity index (χ0) is 22.0. The number of halogens is 1. The van der Waals surface area contributed by atoms with E-state index < -0.39 is 15.9 Å². The van der Waals surface area contributed by atoms with Crippen LogP contribution in [-0.4, -0.2) is 36.3 Å². The van der Waals surface area contributed by atoms with Gasteiger partial charge in [0.1, 0.15) is 5.82 Å². The van der Waals surface area contributed by atoms with Crippen LogP contribution in [0.5, 0.6) is 0 Å². The summed E-state index contributed by atoms with van der Waals surface area (Å²) in [4.78, 5) is 17.4. The van der Waals surface area contributed by atoms with Gasteiger partial charge in [-0.3, -0.25) is 4.79 Å². The number of rotatable bonds is 4. The number of terminal acetylenes is 1. The van der Waals surface area contributed by atoms with E-state index in [9.17, 15) is 17.6 Å². The molecule has 1 aliphatic rings. The van der Waals surface area contributed by atoms with E-state index in [1.807, 2.05) is 0 Å². The van der Waals surface area contributed by atoms with Gasteiger partial charge in [0.15, 0.2) is 4.80 Å². The third-order valence-electron chi connectivity index (χ3n) is 5.15. The molecule has 4 rings (SSSR count). The van der Waals surface area contributed by atoms with Crippen molar-refractivity contribution in [3.05, 3.63) is 58.6 Å². The molecule has 0 aliphatic carbocycles. The van der Waals surface area contributed by atoms with E-state index >= 15 is 0 Å². The first kappa shape index (κ1) is 21.4. The van der Waals surface area contributed by atoms with E-state index in [0.29, 0.717) is 28.1 Å². The zero-order valence-corrected chi connectivity index (χ0v) is 18.3. The summed E-state index contributed by atoms with van der Waals surface area (Å²) in [5.41, 5.74) is 0.951. The third kappa shape index (κ3) is 4.32. The van der Waals surface area contributed by atoms with Crippen LogP contribution in [0, 0.1) is 18.2 Å². The van der Waals surface area contributed by atoms with E-state index in [0.717, 1.165) is 30.6 Å². The van der Waals surface area contributed by atoms with Crippen LogP contribution in [0.25, 0.3) is 10.2 Å². The average molecular weight is 458 g/mol. The van der Waals surface area contributed by atoms with Crippen molar-refractivity contribution < 1.29 is 17.6 Å². The second kappa shape index (κ2) is 8.75. The number of thiazole rings is 1. The monoisotopic (exact) mass is 457 g/mol. The summed E-state index contributed by atoms with van der Waals surface area (Å²) in [7, 11) is -3.57. The van der Waals surface area contributed by atoms with Crippen LogP contribution in [0.3, 0.4) is 0 Å². The van der Waals surface area contributed by atoms with E-state index in [1.54, 1.807) is 10.6 Å². The Morgan fingerprint density at radius 1 is 1.13 bits per heavy atom. The molecule has 1 aromatic heterocycles. The molecule has 9 heteroatoms. The van der Waals surface area contributed by atoms with Gasteiger partial charge in [0.05, 0.1) is 21.7 Å². The van der Waals surface area contributed by atoms with E-state index in [1.165, 1.54) is 40.7 Å². The molecule has 0 N–H and O–H groups in total. The number of carbonyl (C=O) groups is 1. The van der Waals surface area contributed by atoms with Crippen molar-refractivity contribution in [1.29, 1.82) is 0 Å². The standard InChI is InChI=1S/C22H20FN3O3S2/c1-2-12-26-19-11-8-17(23)15-20(19)30-22(26)24-21(27)16-6-9-18(10-7-16)31(28,29)25-13-4-3-5-14-25/h1,6-11,15H,3-5,12-14H2. The first-order valence-corrected chi connectivity index (χ1v) is 12.1. The Morgan fingerprint density at radius 3 is 2.52 bits per heavy atom. The second-order valence-corrected chi connectivity index (χ2v) is 10.1. The Balaban J connectivity index is 1.66. The maximum Gasteiger partial charge on any atom is 0.279 e. The van der Waals surface area contributed by atoms with Crippen LogP contribution in [0.4, 0.5) is 4.39 Å². The van der Waals surface area contributed by atoms with Crippen molar-refractivity contribution in [3.8, 4) is 12.3 Å². The van der Waals surface area contributed by atoms with Crippen molar-refractivity contribution in [1.82, 2.24) is 8.87 Å². The molecule has 1 amide bonds. The number of hydrogen-bond donors (Lipinski definition) is 0. The van der Waals surface area contributed by atoms with Crippen LogP contribution in [0.2, 0.25) is 0 Å². The minimum absolute atomic E-state index is 0.158. The van der Waals surface area contributed by atoms with Crippen LogP contribution in [0.1, 0.15) is 29.6 Å². The van der Waals surface area contributed by atoms with Gasteiger partial charge in [-0.25, -0.2) is 12.8 Å².